The van der Waals surface area contributed by atoms with Crippen molar-refractivity contribution < 1.29 is 17.4 Å². The third kappa shape index (κ3) is 2.57. The largest absolute Gasteiger partial charge is 0.418 e. The summed E-state index contributed by atoms with van der Waals surface area (Å²) in [5.74, 6) is 0.686. The van der Waals surface area contributed by atoms with E-state index in [0.717, 1.165) is 12.5 Å². The zero-order valence-corrected chi connectivity index (χ0v) is 10.2. The van der Waals surface area contributed by atoms with Crippen LogP contribution in [0, 0.1) is 0 Å². The van der Waals surface area contributed by atoms with Crippen LogP contribution in [0.4, 0.5) is 18.9 Å². The molecule has 94 valence electrons. The SMILES string of the molecule is O=S1(=Nc2c(Cl)cccc2C(F)(F)F)CCC1. The fraction of sp³-hybridized carbons (Fsp3) is 0.400. The van der Waals surface area contributed by atoms with Gasteiger partial charge in [0.15, 0.2) is 0 Å². The lowest BCUT2D eigenvalue weighted by atomic mass is 10.2. The Hall–Kier alpha value is -0.750. The molecule has 2 nitrogen and oxygen atoms in total. The molecule has 0 radical (unpaired) electrons. The second-order valence-electron chi connectivity index (χ2n) is 3.76. The number of alkyl halides is 3. The molecule has 1 aromatic carbocycles. The monoisotopic (exact) mass is 283 g/mol. The Bertz CT molecular complexity index is 551. The standard InChI is InChI=1S/C10H9ClF3NOS/c11-8-4-1-3-7(10(12,13)14)9(8)15-17(16)5-2-6-17/h1,3-4H,2,5-6H2. The van der Waals surface area contributed by atoms with Crippen molar-refractivity contribution in [3.05, 3.63) is 28.8 Å². The van der Waals surface area contributed by atoms with E-state index in [-0.39, 0.29) is 5.02 Å². The number of halogens is 4. The molecule has 0 spiro atoms. The molecule has 1 aromatic rings. The Balaban J connectivity index is 2.60. The second-order valence-corrected chi connectivity index (χ2v) is 6.71. The molecule has 0 aliphatic carbocycles. The summed E-state index contributed by atoms with van der Waals surface area (Å²) in [5.41, 5.74) is -1.33. The molecule has 2 rings (SSSR count). The van der Waals surface area contributed by atoms with Gasteiger partial charge in [0.25, 0.3) is 0 Å². The van der Waals surface area contributed by atoms with Gasteiger partial charge in [-0.05, 0) is 18.6 Å². The first kappa shape index (κ1) is 12.7. The van der Waals surface area contributed by atoms with E-state index in [0.29, 0.717) is 11.5 Å². The van der Waals surface area contributed by atoms with Crippen molar-refractivity contribution in [3.8, 4) is 0 Å². The summed E-state index contributed by atoms with van der Waals surface area (Å²) in [6, 6.07) is 3.42. The molecule has 1 aliphatic rings. The maximum absolute atomic E-state index is 12.7. The predicted molar refractivity (Wildman–Crippen MR) is 61.0 cm³/mol. The highest BCUT2D eigenvalue weighted by Crippen LogP contribution is 2.41. The summed E-state index contributed by atoms with van der Waals surface area (Å²) in [6.07, 6.45) is -3.81. The van der Waals surface area contributed by atoms with Crippen LogP contribution in [-0.4, -0.2) is 15.7 Å². The third-order valence-corrected chi connectivity index (χ3v) is 5.15. The second kappa shape index (κ2) is 4.17. The molecule has 0 unspecified atom stereocenters. The molecule has 1 aliphatic heterocycles. The molecule has 0 bridgehead atoms. The summed E-state index contributed by atoms with van der Waals surface area (Å²) in [5, 5.41) is -0.116. The molecule has 17 heavy (non-hydrogen) atoms. The van der Waals surface area contributed by atoms with E-state index in [2.05, 4.69) is 4.36 Å². The molecule has 0 saturated carbocycles. The Labute approximate surface area is 102 Å². The van der Waals surface area contributed by atoms with E-state index < -0.39 is 27.2 Å². The van der Waals surface area contributed by atoms with Crippen molar-refractivity contribution in [3.63, 3.8) is 0 Å². The van der Waals surface area contributed by atoms with E-state index in [9.17, 15) is 17.4 Å². The molecule has 0 N–H and O–H groups in total. The molecule has 7 heteroatoms. The third-order valence-electron chi connectivity index (χ3n) is 2.48. The average Bonchev–Trinajstić information content (AvgIpc) is 2.17. The van der Waals surface area contributed by atoms with Crippen LogP contribution in [0.15, 0.2) is 22.6 Å². The molecule has 0 amide bonds. The van der Waals surface area contributed by atoms with E-state index in [1.54, 1.807) is 0 Å². The number of hydrogen-bond donors (Lipinski definition) is 0. The van der Waals surface area contributed by atoms with Crippen LogP contribution in [0.2, 0.25) is 5.02 Å². The van der Waals surface area contributed by atoms with Gasteiger partial charge >= 0.3 is 6.18 Å². The van der Waals surface area contributed by atoms with Crippen LogP contribution in [0.5, 0.6) is 0 Å². The summed E-state index contributed by atoms with van der Waals surface area (Å²) >= 11 is 5.70. The predicted octanol–water partition coefficient (Wildman–Crippen LogP) is 3.86. The van der Waals surface area contributed by atoms with Crippen LogP contribution in [0.1, 0.15) is 12.0 Å². The summed E-state index contributed by atoms with van der Waals surface area (Å²) in [6.45, 7) is 0. The van der Waals surface area contributed by atoms with E-state index in [1.807, 2.05) is 0 Å². The number of rotatable bonds is 1. The van der Waals surface area contributed by atoms with Crippen molar-refractivity contribution in [1.82, 2.24) is 0 Å². The Kier molecular flexibility index (Phi) is 3.12. The first-order chi connectivity index (χ1) is 7.82. The highest BCUT2D eigenvalue weighted by atomic mass is 35.5. The lowest BCUT2D eigenvalue weighted by molar-refractivity contribution is -0.137. The molecular formula is C10H9ClF3NOS. The maximum atomic E-state index is 12.7. The molecular weight excluding hydrogens is 275 g/mol. The average molecular weight is 284 g/mol. The number of hydrogen-bond acceptors (Lipinski definition) is 2. The van der Waals surface area contributed by atoms with Crippen molar-refractivity contribution in [2.45, 2.75) is 12.6 Å². The van der Waals surface area contributed by atoms with E-state index in [4.69, 9.17) is 11.6 Å². The van der Waals surface area contributed by atoms with E-state index in [1.165, 1.54) is 12.1 Å². The summed E-state index contributed by atoms with van der Waals surface area (Å²) in [4.78, 5) is 0. The van der Waals surface area contributed by atoms with Gasteiger partial charge < -0.3 is 0 Å². The number of nitrogens with zero attached hydrogens (tertiary/aromatic N) is 1. The minimum Gasteiger partial charge on any atom is -0.249 e. The van der Waals surface area contributed by atoms with Crippen molar-refractivity contribution in [2.24, 2.45) is 4.36 Å². The van der Waals surface area contributed by atoms with Crippen LogP contribution in [0.25, 0.3) is 0 Å². The van der Waals surface area contributed by atoms with Gasteiger partial charge in [0.05, 0.1) is 20.3 Å². The van der Waals surface area contributed by atoms with Gasteiger partial charge in [-0.15, -0.1) is 0 Å². The minimum atomic E-state index is -4.54. The zero-order valence-electron chi connectivity index (χ0n) is 8.63. The molecule has 0 atom stereocenters. The van der Waals surface area contributed by atoms with Gasteiger partial charge in [0.2, 0.25) is 0 Å². The molecule has 1 fully saturated rings. The van der Waals surface area contributed by atoms with Gasteiger partial charge in [0, 0.05) is 11.5 Å². The maximum Gasteiger partial charge on any atom is 0.418 e. The highest BCUT2D eigenvalue weighted by molar-refractivity contribution is 7.95. The smallest absolute Gasteiger partial charge is 0.249 e. The van der Waals surface area contributed by atoms with Crippen molar-refractivity contribution in [1.29, 1.82) is 0 Å². The fourth-order valence-corrected chi connectivity index (χ4v) is 3.25. The fourth-order valence-electron chi connectivity index (χ4n) is 1.49. The molecule has 1 saturated heterocycles. The summed E-state index contributed by atoms with van der Waals surface area (Å²) in [7, 11) is -2.51. The lowest BCUT2D eigenvalue weighted by Gasteiger charge is -2.19. The first-order valence-corrected chi connectivity index (χ1v) is 7.13. The van der Waals surface area contributed by atoms with Crippen LogP contribution in [0.3, 0.4) is 0 Å². The topological polar surface area (TPSA) is 29.4 Å². The van der Waals surface area contributed by atoms with Crippen molar-refractivity contribution >= 4 is 27.0 Å². The normalized spacial score (nSPS) is 18.6. The highest BCUT2D eigenvalue weighted by Gasteiger charge is 2.35. The Morgan fingerprint density at radius 1 is 1.29 bits per heavy atom. The van der Waals surface area contributed by atoms with Crippen molar-refractivity contribution in [2.75, 3.05) is 11.5 Å². The quantitative estimate of drug-likeness (QED) is 0.769. The van der Waals surface area contributed by atoms with Crippen LogP contribution in [-0.2, 0) is 15.9 Å². The molecule has 0 aromatic heterocycles. The van der Waals surface area contributed by atoms with Gasteiger partial charge in [0.1, 0.15) is 5.69 Å². The van der Waals surface area contributed by atoms with Gasteiger partial charge in [-0.3, -0.25) is 0 Å². The summed E-state index contributed by atoms with van der Waals surface area (Å²) < 4.78 is 53.7. The zero-order chi connectivity index (χ0) is 12.7. The lowest BCUT2D eigenvalue weighted by Crippen LogP contribution is -2.23. The van der Waals surface area contributed by atoms with Gasteiger partial charge in [-0.1, -0.05) is 17.7 Å². The van der Waals surface area contributed by atoms with Crippen LogP contribution >= 0.6 is 11.6 Å². The van der Waals surface area contributed by atoms with Gasteiger partial charge in [-0.2, -0.15) is 17.5 Å². The Morgan fingerprint density at radius 2 is 1.94 bits per heavy atom. The molecule has 1 heterocycles. The number of benzene rings is 1. The van der Waals surface area contributed by atoms with Gasteiger partial charge in [-0.25, -0.2) is 4.21 Å². The Morgan fingerprint density at radius 3 is 2.41 bits per heavy atom. The first-order valence-electron chi connectivity index (χ1n) is 4.90. The van der Waals surface area contributed by atoms with Crippen LogP contribution < -0.4 is 0 Å². The van der Waals surface area contributed by atoms with E-state index >= 15 is 0 Å². The minimum absolute atomic E-state index is 0.116.